The van der Waals surface area contributed by atoms with Crippen LogP contribution in [0.25, 0.3) is 0 Å². The van der Waals surface area contributed by atoms with Gasteiger partial charge in [-0.3, -0.25) is 0 Å². The number of nitrogens with one attached hydrogen (secondary N) is 1. The Kier molecular flexibility index (Phi) is 6.77. The zero-order chi connectivity index (χ0) is 8.69. The topological polar surface area (TPSA) is 12.0 Å². The van der Waals surface area contributed by atoms with Crippen LogP contribution in [0, 0.1) is 0 Å². The van der Waals surface area contributed by atoms with Gasteiger partial charge in [0.2, 0.25) is 0 Å². The van der Waals surface area contributed by atoms with Gasteiger partial charge in [0.15, 0.2) is 0 Å². The molecule has 0 aliphatic carbocycles. The lowest BCUT2D eigenvalue weighted by atomic mass is 10.1. The van der Waals surface area contributed by atoms with Crippen LogP contribution in [0.2, 0.25) is 0 Å². The van der Waals surface area contributed by atoms with Crippen molar-refractivity contribution >= 4 is 11.8 Å². The third-order valence-electron chi connectivity index (χ3n) is 1.46. The third kappa shape index (κ3) is 6.45. The normalized spacial score (nSPS) is 13.0. The van der Waals surface area contributed by atoms with Gasteiger partial charge in [-0.1, -0.05) is 12.5 Å². The van der Waals surface area contributed by atoms with Crippen molar-refractivity contribution in [2.45, 2.75) is 26.3 Å². The fourth-order valence-electron chi connectivity index (χ4n) is 1.10. The van der Waals surface area contributed by atoms with Gasteiger partial charge in [-0.2, -0.15) is 11.8 Å². The van der Waals surface area contributed by atoms with Gasteiger partial charge in [-0.25, -0.2) is 0 Å². The molecule has 0 spiro atoms. The van der Waals surface area contributed by atoms with E-state index in [1.165, 1.54) is 11.3 Å². The van der Waals surface area contributed by atoms with Crippen molar-refractivity contribution in [2.75, 3.05) is 18.6 Å². The van der Waals surface area contributed by atoms with Crippen LogP contribution in [0.15, 0.2) is 12.2 Å². The Morgan fingerprint density at radius 3 is 2.64 bits per heavy atom. The van der Waals surface area contributed by atoms with Gasteiger partial charge in [-0.15, -0.1) is 6.58 Å². The third-order valence-corrected chi connectivity index (χ3v) is 2.19. The Morgan fingerprint density at radius 2 is 2.27 bits per heavy atom. The van der Waals surface area contributed by atoms with Crippen molar-refractivity contribution in [3.8, 4) is 0 Å². The Balaban J connectivity index is 3.59. The van der Waals surface area contributed by atoms with Crippen LogP contribution in [0.5, 0.6) is 0 Å². The maximum absolute atomic E-state index is 3.91. The van der Waals surface area contributed by atoms with Crippen molar-refractivity contribution in [2.24, 2.45) is 0 Å². The van der Waals surface area contributed by atoms with Crippen LogP contribution in [0.3, 0.4) is 0 Å². The minimum absolute atomic E-state index is 0.618. The van der Waals surface area contributed by atoms with Gasteiger partial charge >= 0.3 is 0 Å². The number of thioether (sulfide) groups is 1. The van der Waals surface area contributed by atoms with Crippen LogP contribution in [-0.4, -0.2) is 24.6 Å². The van der Waals surface area contributed by atoms with Crippen LogP contribution in [0.4, 0.5) is 0 Å². The number of hydrogen-bond donors (Lipinski definition) is 1. The van der Waals surface area contributed by atoms with E-state index in [0.717, 1.165) is 13.0 Å². The van der Waals surface area contributed by atoms with Gasteiger partial charge < -0.3 is 5.32 Å². The van der Waals surface area contributed by atoms with Gasteiger partial charge in [0.25, 0.3) is 0 Å². The van der Waals surface area contributed by atoms with E-state index < -0.39 is 0 Å². The summed E-state index contributed by atoms with van der Waals surface area (Å²) in [5.41, 5.74) is 1.27. The summed E-state index contributed by atoms with van der Waals surface area (Å²) in [5.74, 6) is 1.18. The van der Waals surface area contributed by atoms with Crippen molar-refractivity contribution in [1.29, 1.82) is 0 Å². The fourth-order valence-corrected chi connectivity index (χ4v) is 1.74. The predicted octanol–water partition coefficient (Wildman–Crippen LogP) is 2.29. The molecule has 0 heterocycles. The first-order valence-corrected chi connectivity index (χ1v) is 5.46. The van der Waals surface area contributed by atoms with Crippen LogP contribution < -0.4 is 5.32 Å². The second-order valence-electron chi connectivity index (χ2n) is 2.87. The summed E-state index contributed by atoms with van der Waals surface area (Å²) < 4.78 is 0. The minimum Gasteiger partial charge on any atom is -0.313 e. The van der Waals surface area contributed by atoms with Crippen LogP contribution in [0.1, 0.15) is 20.3 Å². The Hall–Kier alpha value is 0.0500. The molecular weight excluding hydrogens is 154 g/mol. The molecule has 1 nitrogen and oxygen atoms in total. The summed E-state index contributed by atoms with van der Waals surface area (Å²) >= 11 is 1.89. The molecule has 0 saturated carbocycles. The maximum Gasteiger partial charge on any atom is 0.0194 e. The SMILES string of the molecule is C=C(C)CC(CSC)NCC. The molecule has 0 amide bonds. The standard InChI is InChI=1S/C9H19NS/c1-5-10-9(7-11-4)6-8(2)3/h9-10H,2,5-7H2,1,3-4H3. The molecule has 1 atom stereocenters. The minimum atomic E-state index is 0.618. The molecule has 0 bridgehead atoms. The summed E-state index contributed by atoms with van der Waals surface area (Å²) in [5, 5.41) is 3.43. The van der Waals surface area contributed by atoms with E-state index in [-0.39, 0.29) is 0 Å². The average molecular weight is 173 g/mol. The largest absolute Gasteiger partial charge is 0.313 e. The molecule has 0 aromatic rings. The molecule has 0 saturated heterocycles. The molecule has 0 aromatic heterocycles. The molecule has 0 rings (SSSR count). The second kappa shape index (κ2) is 6.74. The van der Waals surface area contributed by atoms with E-state index in [1.54, 1.807) is 0 Å². The highest BCUT2D eigenvalue weighted by Gasteiger charge is 2.04. The quantitative estimate of drug-likeness (QED) is 0.619. The van der Waals surface area contributed by atoms with Crippen molar-refractivity contribution in [1.82, 2.24) is 5.32 Å². The zero-order valence-corrected chi connectivity index (χ0v) is 8.63. The Bertz CT molecular complexity index is 106. The molecule has 2 heteroatoms. The first-order valence-electron chi connectivity index (χ1n) is 4.07. The molecule has 0 aliphatic heterocycles. The van der Waals surface area contributed by atoms with E-state index >= 15 is 0 Å². The van der Waals surface area contributed by atoms with Gasteiger partial charge in [0.05, 0.1) is 0 Å². The smallest absolute Gasteiger partial charge is 0.0194 e. The highest BCUT2D eigenvalue weighted by Crippen LogP contribution is 2.06. The Morgan fingerprint density at radius 1 is 1.64 bits per heavy atom. The summed E-state index contributed by atoms with van der Waals surface area (Å²) in [6.07, 6.45) is 3.25. The molecule has 66 valence electrons. The molecule has 0 fully saturated rings. The summed E-state index contributed by atoms with van der Waals surface area (Å²) in [7, 11) is 0. The van der Waals surface area contributed by atoms with Gasteiger partial charge in [-0.05, 0) is 26.1 Å². The second-order valence-corrected chi connectivity index (χ2v) is 3.78. The van der Waals surface area contributed by atoms with Crippen molar-refractivity contribution < 1.29 is 0 Å². The average Bonchev–Trinajstić information content (AvgIpc) is 1.87. The van der Waals surface area contributed by atoms with Gasteiger partial charge in [0.1, 0.15) is 0 Å². The predicted molar refractivity (Wildman–Crippen MR) is 55.3 cm³/mol. The van der Waals surface area contributed by atoms with Gasteiger partial charge in [0, 0.05) is 11.8 Å². The Labute approximate surface area is 74.6 Å². The van der Waals surface area contributed by atoms with Crippen LogP contribution in [-0.2, 0) is 0 Å². The van der Waals surface area contributed by atoms with E-state index in [0.29, 0.717) is 6.04 Å². The highest BCUT2D eigenvalue weighted by atomic mass is 32.2. The fraction of sp³-hybridized carbons (Fsp3) is 0.778. The highest BCUT2D eigenvalue weighted by molar-refractivity contribution is 7.98. The molecule has 0 radical (unpaired) electrons. The molecule has 11 heavy (non-hydrogen) atoms. The van der Waals surface area contributed by atoms with E-state index in [1.807, 2.05) is 11.8 Å². The lowest BCUT2D eigenvalue weighted by Crippen LogP contribution is -2.31. The molecule has 0 aromatic carbocycles. The molecule has 1 unspecified atom stereocenters. The zero-order valence-electron chi connectivity index (χ0n) is 7.81. The molecule has 1 N–H and O–H groups in total. The molecule has 0 aliphatic rings. The van der Waals surface area contributed by atoms with Crippen molar-refractivity contribution in [3.63, 3.8) is 0 Å². The van der Waals surface area contributed by atoms with E-state index in [2.05, 4.69) is 32.0 Å². The van der Waals surface area contributed by atoms with E-state index in [9.17, 15) is 0 Å². The summed E-state index contributed by atoms with van der Waals surface area (Å²) in [6.45, 7) is 9.20. The van der Waals surface area contributed by atoms with E-state index in [4.69, 9.17) is 0 Å². The first-order chi connectivity index (χ1) is 5.20. The monoisotopic (exact) mass is 173 g/mol. The molecular formula is C9H19NS. The summed E-state index contributed by atoms with van der Waals surface area (Å²) in [6, 6.07) is 0.618. The lowest BCUT2D eigenvalue weighted by Gasteiger charge is -2.16. The van der Waals surface area contributed by atoms with Crippen molar-refractivity contribution in [3.05, 3.63) is 12.2 Å². The van der Waals surface area contributed by atoms with Crippen LogP contribution >= 0.6 is 11.8 Å². The maximum atomic E-state index is 3.91. The number of hydrogen-bond acceptors (Lipinski definition) is 2. The lowest BCUT2D eigenvalue weighted by molar-refractivity contribution is 0.571. The first kappa shape index (κ1) is 11.1. The number of rotatable bonds is 6. The summed E-state index contributed by atoms with van der Waals surface area (Å²) in [4.78, 5) is 0.